The van der Waals surface area contributed by atoms with E-state index in [1.165, 1.54) is 31.4 Å². The third-order valence-electron chi connectivity index (χ3n) is 6.56. The number of likely N-dealkylation sites (tertiary alicyclic amines) is 1. The second kappa shape index (κ2) is 6.47. The van der Waals surface area contributed by atoms with E-state index < -0.39 is 6.10 Å². The molecule has 1 N–H and O–H groups in total. The summed E-state index contributed by atoms with van der Waals surface area (Å²) in [7, 11) is 0. The van der Waals surface area contributed by atoms with Crippen molar-refractivity contribution in [1.82, 2.24) is 4.90 Å². The lowest BCUT2D eigenvalue weighted by Gasteiger charge is -2.37. The summed E-state index contributed by atoms with van der Waals surface area (Å²) in [6.45, 7) is 1.49. The van der Waals surface area contributed by atoms with Crippen LogP contribution in [0.3, 0.4) is 0 Å². The van der Waals surface area contributed by atoms with E-state index in [2.05, 4.69) is 0 Å². The molecular formula is C20H26FNO2. The van der Waals surface area contributed by atoms with Gasteiger partial charge in [-0.2, -0.15) is 0 Å². The molecule has 2 bridgehead atoms. The van der Waals surface area contributed by atoms with E-state index in [1.54, 1.807) is 12.1 Å². The summed E-state index contributed by atoms with van der Waals surface area (Å²) in [6, 6.07) is 6.11. The molecule has 1 amide bonds. The molecule has 1 aromatic rings. The van der Waals surface area contributed by atoms with Gasteiger partial charge in [-0.3, -0.25) is 4.79 Å². The zero-order valence-electron chi connectivity index (χ0n) is 14.0. The molecule has 3 aliphatic rings. The highest BCUT2D eigenvalue weighted by atomic mass is 19.1. The van der Waals surface area contributed by atoms with Crippen molar-refractivity contribution < 1.29 is 14.3 Å². The van der Waals surface area contributed by atoms with Gasteiger partial charge in [-0.05, 0) is 67.6 Å². The third kappa shape index (κ3) is 2.97. The summed E-state index contributed by atoms with van der Waals surface area (Å²) in [4.78, 5) is 14.8. The van der Waals surface area contributed by atoms with Gasteiger partial charge in [0.25, 0.3) is 0 Å². The lowest BCUT2D eigenvalue weighted by molar-refractivity contribution is -0.139. The number of hydrogen-bond acceptors (Lipinski definition) is 2. The van der Waals surface area contributed by atoms with Crippen molar-refractivity contribution >= 4 is 5.91 Å². The smallest absolute Gasteiger partial charge is 0.225 e. The van der Waals surface area contributed by atoms with Gasteiger partial charge in [0.1, 0.15) is 5.82 Å². The molecule has 0 spiro atoms. The summed E-state index contributed by atoms with van der Waals surface area (Å²) < 4.78 is 13.0. The van der Waals surface area contributed by atoms with Crippen LogP contribution < -0.4 is 0 Å². The van der Waals surface area contributed by atoms with E-state index in [-0.39, 0.29) is 17.7 Å². The third-order valence-corrected chi connectivity index (χ3v) is 6.56. The SMILES string of the molecule is O=C(C1CC2CCC1C2)N1CCC(C(O)c2ccc(F)cc2)CC1. The number of rotatable bonds is 3. The van der Waals surface area contributed by atoms with Gasteiger partial charge in [0, 0.05) is 19.0 Å². The average molecular weight is 331 g/mol. The van der Waals surface area contributed by atoms with Crippen LogP contribution in [0.2, 0.25) is 0 Å². The first kappa shape index (κ1) is 16.1. The van der Waals surface area contributed by atoms with Crippen molar-refractivity contribution in [2.24, 2.45) is 23.7 Å². The zero-order chi connectivity index (χ0) is 16.7. The number of aliphatic hydroxyl groups excluding tert-OH is 1. The fourth-order valence-corrected chi connectivity index (χ4v) is 5.15. The molecule has 0 radical (unpaired) electrons. The van der Waals surface area contributed by atoms with Crippen molar-refractivity contribution in [3.8, 4) is 0 Å². The Hall–Kier alpha value is -1.42. The van der Waals surface area contributed by atoms with Gasteiger partial charge in [-0.1, -0.05) is 18.6 Å². The van der Waals surface area contributed by atoms with E-state index >= 15 is 0 Å². The van der Waals surface area contributed by atoms with E-state index in [9.17, 15) is 14.3 Å². The van der Waals surface area contributed by atoms with Gasteiger partial charge < -0.3 is 10.0 Å². The molecule has 0 aromatic heterocycles. The topological polar surface area (TPSA) is 40.5 Å². The molecule has 130 valence electrons. The van der Waals surface area contributed by atoms with Gasteiger partial charge in [-0.15, -0.1) is 0 Å². The number of amides is 1. The minimum absolute atomic E-state index is 0.152. The first-order valence-electron chi connectivity index (χ1n) is 9.34. The maximum Gasteiger partial charge on any atom is 0.225 e. The fraction of sp³-hybridized carbons (Fsp3) is 0.650. The Balaban J connectivity index is 1.33. The van der Waals surface area contributed by atoms with Crippen molar-refractivity contribution in [2.75, 3.05) is 13.1 Å². The summed E-state index contributed by atoms with van der Waals surface area (Å²) in [5, 5.41) is 10.5. The lowest BCUT2D eigenvalue weighted by Crippen LogP contribution is -2.43. The first-order chi connectivity index (χ1) is 11.6. The van der Waals surface area contributed by atoms with Gasteiger partial charge in [-0.25, -0.2) is 4.39 Å². The van der Waals surface area contributed by atoms with Crippen LogP contribution in [-0.4, -0.2) is 29.0 Å². The number of carbonyl (C=O) groups excluding carboxylic acids is 1. The molecule has 1 heterocycles. The maximum absolute atomic E-state index is 13.0. The second-order valence-corrected chi connectivity index (χ2v) is 7.94. The number of carbonyl (C=O) groups is 1. The van der Waals surface area contributed by atoms with Crippen LogP contribution in [-0.2, 0) is 4.79 Å². The van der Waals surface area contributed by atoms with Crippen LogP contribution in [0.1, 0.15) is 50.2 Å². The van der Waals surface area contributed by atoms with Crippen LogP contribution >= 0.6 is 0 Å². The number of hydrogen-bond donors (Lipinski definition) is 1. The minimum atomic E-state index is -0.564. The number of piperidine rings is 1. The standard InChI is InChI=1S/C20H26FNO2/c21-17-5-3-14(4-6-17)19(23)15-7-9-22(10-8-15)20(24)18-12-13-1-2-16(18)11-13/h3-6,13,15-16,18-19,23H,1-2,7-12H2. The minimum Gasteiger partial charge on any atom is -0.388 e. The van der Waals surface area contributed by atoms with Gasteiger partial charge in [0.15, 0.2) is 0 Å². The molecule has 2 saturated carbocycles. The molecule has 2 aliphatic carbocycles. The van der Waals surface area contributed by atoms with E-state index in [4.69, 9.17) is 0 Å². The molecule has 24 heavy (non-hydrogen) atoms. The summed E-state index contributed by atoms with van der Waals surface area (Å²) in [5.74, 6) is 1.92. The van der Waals surface area contributed by atoms with Crippen molar-refractivity contribution in [1.29, 1.82) is 0 Å². The molecular weight excluding hydrogens is 305 g/mol. The average Bonchev–Trinajstić information content (AvgIpc) is 3.25. The van der Waals surface area contributed by atoms with Crippen LogP contribution in [0.5, 0.6) is 0 Å². The molecule has 4 heteroatoms. The highest BCUT2D eigenvalue weighted by Gasteiger charge is 2.44. The Morgan fingerprint density at radius 2 is 1.79 bits per heavy atom. The Morgan fingerprint density at radius 1 is 1.08 bits per heavy atom. The predicted molar refractivity (Wildman–Crippen MR) is 89.6 cm³/mol. The molecule has 4 rings (SSSR count). The summed E-state index contributed by atoms with van der Waals surface area (Å²) >= 11 is 0. The van der Waals surface area contributed by atoms with Gasteiger partial charge in [0.05, 0.1) is 6.10 Å². The molecule has 4 unspecified atom stereocenters. The largest absolute Gasteiger partial charge is 0.388 e. The summed E-state index contributed by atoms with van der Waals surface area (Å²) in [6.07, 6.45) is 6.00. The van der Waals surface area contributed by atoms with E-state index in [0.29, 0.717) is 11.8 Å². The molecule has 1 saturated heterocycles. The summed E-state index contributed by atoms with van der Waals surface area (Å²) in [5.41, 5.74) is 0.772. The molecule has 1 aromatic carbocycles. The van der Waals surface area contributed by atoms with Crippen molar-refractivity contribution in [3.63, 3.8) is 0 Å². The van der Waals surface area contributed by atoms with Gasteiger partial charge in [0.2, 0.25) is 5.91 Å². The monoisotopic (exact) mass is 331 g/mol. The maximum atomic E-state index is 13.0. The number of aliphatic hydroxyl groups is 1. The number of fused-ring (bicyclic) bond motifs is 2. The second-order valence-electron chi connectivity index (χ2n) is 7.94. The quantitative estimate of drug-likeness (QED) is 0.920. The van der Waals surface area contributed by atoms with E-state index in [0.717, 1.165) is 43.8 Å². The highest BCUT2D eigenvalue weighted by Crippen LogP contribution is 2.49. The molecule has 4 atom stereocenters. The Kier molecular flexibility index (Phi) is 4.33. The van der Waals surface area contributed by atoms with E-state index in [1.807, 2.05) is 4.90 Å². The Bertz CT molecular complexity index is 594. The van der Waals surface area contributed by atoms with Crippen LogP contribution in [0, 0.1) is 29.5 Å². The van der Waals surface area contributed by atoms with Crippen molar-refractivity contribution in [2.45, 2.75) is 44.6 Å². The highest BCUT2D eigenvalue weighted by molar-refractivity contribution is 5.79. The van der Waals surface area contributed by atoms with Crippen LogP contribution in [0.4, 0.5) is 4.39 Å². The lowest BCUT2D eigenvalue weighted by atomic mass is 9.85. The number of benzene rings is 1. The Labute approximate surface area is 142 Å². The van der Waals surface area contributed by atoms with Gasteiger partial charge >= 0.3 is 0 Å². The van der Waals surface area contributed by atoms with Crippen molar-refractivity contribution in [3.05, 3.63) is 35.6 Å². The van der Waals surface area contributed by atoms with Crippen LogP contribution in [0.15, 0.2) is 24.3 Å². The molecule has 1 aliphatic heterocycles. The number of halogens is 1. The predicted octanol–water partition coefficient (Wildman–Crippen LogP) is 3.53. The first-order valence-corrected chi connectivity index (χ1v) is 9.34. The normalized spacial score (nSPS) is 31.4. The molecule has 3 fully saturated rings. The fourth-order valence-electron chi connectivity index (χ4n) is 5.15. The van der Waals surface area contributed by atoms with Crippen LogP contribution in [0.25, 0.3) is 0 Å². The molecule has 3 nitrogen and oxygen atoms in total. The zero-order valence-corrected chi connectivity index (χ0v) is 14.0. The Morgan fingerprint density at radius 3 is 2.38 bits per heavy atom. The number of nitrogens with zero attached hydrogens (tertiary/aromatic N) is 1.